The number of methoxy groups -OCH3 is 1. The number of ketones is 1. The van der Waals surface area contributed by atoms with Crippen LogP contribution < -0.4 is 14.2 Å². The van der Waals surface area contributed by atoms with Gasteiger partial charge in [0.05, 0.1) is 25.2 Å². The van der Waals surface area contributed by atoms with E-state index in [-0.39, 0.29) is 53.8 Å². The number of hydrogen-bond acceptors (Lipinski definition) is 6. The molecule has 2 aromatic carbocycles. The molecule has 2 aliphatic heterocycles. The molecule has 9 heteroatoms. The van der Waals surface area contributed by atoms with Crippen LogP contribution in [-0.4, -0.2) is 42.4 Å². The summed E-state index contributed by atoms with van der Waals surface area (Å²) in [6, 6.07) is 4.84. The van der Waals surface area contributed by atoms with Crippen LogP contribution in [0, 0.1) is 0 Å². The Morgan fingerprint density at radius 1 is 1.31 bits per heavy atom. The zero-order valence-corrected chi connectivity index (χ0v) is 17.3. The molecule has 0 fully saturated rings. The molecule has 2 unspecified atom stereocenters. The van der Waals surface area contributed by atoms with Crippen molar-refractivity contribution in [3.63, 3.8) is 0 Å². The molecule has 0 bridgehead atoms. The van der Waals surface area contributed by atoms with Crippen molar-refractivity contribution >= 4 is 5.78 Å². The number of aliphatic hydroxyl groups excluding tert-OH is 1. The van der Waals surface area contributed by atoms with Crippen LogP contribution in [0.25, 0.3) is 0 Å². The van der Waals surface area contributed by atoms with Crippen LogP contribution in [0.3, 0.4) is 0 Å². The molecular weight excluding hydrogens is 429 g/mol. The highest BCUT2D eigenvalue weighted by Crippen LogP contribution is 2.49. The number of alkyl halides is 3. The number of carbonyl (C=O) groups excluding carboxylic acids is 1. The van der Waals surface area contributed by atoms with Crippen molar-refractivity contribution in [3.8, 4) is 23.0 Å². The van der Waals surface area contributed by atoms with Gasteiger partial charge in [0.1, 0.15) is 41.3 Å². The van der Waals surface area contributed by atoms with Crippen LogP contribution >= 0.6 is 0 Å². The molecule has 6 nitrogen and oxygen atoms in total. The lowest BCUT2D eigenvalue weighted by Gasteiger charge is -2.38. The third-order valence-corrected chi connectivity index (χ3v) is 5.70. The SMILES string of the molecule is COc1cc2c(cc1C(F)(F)F)OCC1Oc3c(ccc(O)c3C/C=C(\C)CO)C(=O)C21. The first-order valence-electron chi connectivity index (χ1n) is 9.89. The molecule has 170 valence electrons. The normalized spacial score (nSPS) is 19.9. The minimum absolute atomic E-state index is 0.0414. The molecule has 0 spiro atoms. The first-order valence-corrected chi connectivity index (χ1v) is 9.89. The molecule has 2 aromatic rings. The van der Waals surface area contributed by atoms with E-state index in [0.29, 0.717) is 11.1 Å². The fourth-order valence-corrected chi connectivity index (χ4v) is 4.02. The summed E-state index contributed by atoms with van der Waals surface area (Å²) in [7, 11) is 1.13. The molecule has 2 atom stereocenters. The third kappa shape index (κ3) is 3.66. The Morgan fingerprint density at radius 2 is 2.06 bits per heavy atom. The Morgan fingerprint density at radius 3 is 2.72 bits per heavy atom. The van der Waals surface area contributed by atoms with Gasteiger partial charge >= 0.3 is 6.18 Å². The zero-order valence-electron chi connectivity index (χ0n) is 17.3. The van der Waals surface area contributed by atoms with Gasteiger partial charge in [0.15, 0.2) is 5.78 Å². The van der Waals surface area contributed by atoms with Crippen molar-refractivity contribution in [2.45, 2.75) is 31.5 Å². The maximum Gasteiger partial charge on any atom is 0.420 e. The molecule has 2 N–H and O–H groups in total. The first-order chi connectivity index (χ1) is 15.2. The van der Waals surface area contributed by atoms with Gasteiger partial charge in [-0.05, 0) is 37.6 Å². The fraction of sp³-hybridized carbons (Fsp3) is 0.348. The number of halogens is 3. The van der Waals surface area contributed by atoms with Crippen molar-refractivity contribution < 1.29 is 42.4 Å². The molecule has 2 aliphatic rings. The maximum atomic E-state index is 13.4. The van der Waals surface area contributed by atoms with Crippen molar-refractivity contribution in [1.29, 1.82) is 0 Å². The van der Waals surface area contributed by atoms with Gasteiger partial charge in [-0.2, -0.15) is 13.2 Å². The van der Waals surface area contributed by atoms with Gasteiger partial charge in [-0.3, -0.25) is 4.79 Å². The van der Waals surface area contributed by atoms with Crippen molar-refractivity contribution in [3.05, 3.63) is 58.2 Å². The first kappa shape index (κ1) is 22.0. The van der Waals surface area contributed by atoms with E-state index in [1.54, 1.807) is 13.0 Å². The van der Waals surface area contributed by atoms with E-state index in [0.717, 1.165) is 13.2 Å². The number of rotatable bonds is 4. The highest BCUT2D eigenvalue weighted by molar-refractivity contribution is 6.05. The van der Waals surface area contributed by atoms with Crippen LogP contribution in [-0.2, 0) is 12.6 Å². The fourth-order valence-electron chi connectivity index (χ4n) is 4.02. The predicted molar refractivity (Wildman–Crippen MR) is 108 cm³/mol. The van der Waals surface area contributed by atoms with E-state index >= 15 is 0 Å². The molecule has 0 saturated carbocycles. The lowest BCUT2D eigenvalue weighted by molar-refractivity contribution is -0.138. The van der Waals surface area contributed by atoms with E-state index in [2.05, 4.69) is 0 Å². The smallest absolute Gasteiger partial charge is 0.420 e. The molecule has 0 aromatic heterocycles. The van der Waals surface area contributed by atoms with Crippen LogP contribution in [0.2, 0.25) is 0 Å². The monoisotopic (exact) mass is 450 g/mol. The van der Waals surface area contributed by atoms with Gasteiger partial charge < -0.3 is 24.4 Å². The molecule has 4 rings (SSSR count). The van der Waals surface area contributed by atoms with Crippen molar-refractivity contribution in [1.82, 2.24) is 0 Å². The van der Waals surface area contributed by atoms with Crippen molar-refractivity contribution in [2.24, 2.45) is 0 Å². The van der Waals surface area contributed by atoms with Gasteiger partial charge in [0, 0.05) is 11.1 Å². The molecule has 32 heavy (non-hydrogen) atoms. The summed E-state index contributed by atoms with van der Waals surface area (Å²) < 4.78 is 56.7. The minimum atomic E-state index is -4.65. The number of Topliss-reactive ketones (excluding diaryl/α,β-unsaturated/α-hetero) is 1. The van der Waals surface area contributed by atoms with Crippen LogP contribution in [0.15, 0.2) is 35.9 Å². The van der Waals surface area contributed by atoms with Gasteiger partial charge in [-0.1, -0.05) is 11.6 Å². The Labute approximate surface area is 181 Å². The number of ether oxygens (including phenoxy) is 3. The van der Waals surface area contributed by atoms with Gasteiger partial charge in [-0.15, -0.1) is 0 Å². The van der Waals surface area contributed by atoms with E-state index in [4.69, 9.17) is 14.2 Å². The number of aromatic hydroxyl groups is 1. The second-order valence-electron chi connectivity index (χ2n) is 7.75. The number of carbonyl (C=O) groups is 1. The van der Waals surface area contributed by atoms with E-state index < -0.39 is 29.5 Å². The van der Waals surface area contributed by atoms with Crippen LogP contribution in [0.1, 0.15) is 39.9 Å². The number of phenols is 1. The summed E-state index contributed by atoms with van der Waals surface area (Å²) in [6.45, 7) is 1.45. The predicted octanol–water partition coefficient (Wildman–Crippen LogP) is 4.02. The number of benzene rings is 2. The Bertz CT molecular complexity index is 1110. The molecule has 0 aliphatic carbocycles. The quantitative estimate of drug-likeness (QED) is 0.685. The second-order valence-corrected chi connectivity index (χ2v) is 7.75. The molecule has 2 heterocycles. The molecule has 0 radical (unpaired) electrons. The highest BCUT2D eigenvalue weighted by atomic mass is 19.4. The Balaban J connectivity index is 1.79. The maximum absolute atomic E-state index is 13.4. The number of allylic oxidation sites excluding steroid dienone is 1. The van der Waals surface area contributed by atoms with E-state index in [9.17, 15) is 28.2 Å². The summed E-state index contributed by atoms with van der Waals surface area (Å²) in [4.78, 5) is 13.4. The van der Waals surface area contributed by atoms with Gasteiger partial charge in [0.2, 0.25) is 0 Å². The number of phenolic OH excluding ortho intramolecular Hbond substituents is 1. The number of hydrogen-bond donors (Lipinski definition) is 2. The van der Waals surface area contributed by atoms with Gasteiger partial charge in [-0.25, -0.2) is 0 Å². The Kier molecular flexibility index (Phi) is 5.54. The number of aliphatic hydroxyl groups is 1. The summed E-state index contributed by atoms with van der Waals surface area (Å²) in [5.74, 6) is -1.52. The summed E-state index contributed by atoms with van der Waals surface area (Å²) in [6.07, 6.45) is -3.49. The largest absolute Gasteiger partial charge is 0.508 e. The summed E-state index contributed by atoms with van der Waals surface area (Å²) in [5, 5.41) is 19.5. The second kappa shape index (κ2) is 8.05. The van der Waals surface area contributed by atoms with E-state index in [1.807, 2.05) is 0 Å². The highest BCUT2D eigenvalue weighted by Gasteiger charge is 2.46. The standard InChI is InChI=1S/C23H21F3O6/c1-11(9-27)3-4-12-16(28)6-5-13-21(29)20-14-7-18(30-2)15(23(24,25)26)8-17(14)31-10-19(20)32-22(12)13/h3,5-8,19-20,27-28H,4,9-10H2,1-2H3/b11-3+. The van der Waals surface area contributed by atoms with Gasteiger partial charge in [0.25, 0.3) is 0 Å². The number of fused-ring (bicyclic) bond motifs is 4. The molecule has 0 amide bonds. The minimum Gasteiger partial charge on any atom is -0.508 e. The summed E-state index contributed by atoms with van der Waals surface area (Å²) in [5.41, 5.74) is 0.565. The third-order valence-electron chi connectivity index (χ3n) is 5.70. The average Bonchev–Trinajstić information content (AvgIpc) is 2.76. The zero-order chi connectivity index (χ0) is 23.2. The summed E-state index contributed by atoms with van der Waals surface area (Å²) >= 11 is 0. The molecule has 0 saturated heterocycles. The van der Waals surface area contributed by atoms with Crippen molar-refractivity contribution in [2.75, 3.05) is 20.3 Å². The average molecular weight is 450 g/mol. The lowest BCUT2D eigenvalue weighted by atomic mass is 9.80. The lowest BCUT2D eigenvalue weighted by Crippen LogP contribution is -2.43. The Hall–Kier alpha value is -3.20. The topological polar surface area (TPSA) is 85.2 Å². The van der Waals surface area contributed by atoms with Crippen LogP contribution in [0.5, 0.6) is 23.0 Å². The van der Waals surface area contributed by atoms with Crippen LogP contribution in [0.4, 0.5) is 13.2 Å². The molecular formula is C23H21F3O6. The van der Waals surface area contributed by atoms with E-state index in [1.165, 1.54) is 18.2 Å².